The van der Waals surface area contributed by atoms with Crippen molar-refractivity contribution in [1.82, 2.24) is 10.6 Å². The Morgan fingerprint density at radius 2 is 1.95 bits per heavy atom. The molecule has 0 aromatic rings. The first kappa shape index (κ1) is 13.9. The molecule has 3 aliphatic rings. The number of allylic oxidation sites excluding steroid dienone is 6. The van der Waals surface area contributed by atoms with E-state index in [1.807, 2.05) is 32.9 Å². The summed E-state index contributed by atoms with van der Waals surface area (Å²) in [7, 11) is 1.58. The highest BCUT2D eigenvalue weighted by molar-refractivity contribution is 6.04. The van der Waals surface area contributed by atoms with E-state index in [1.54, 1.807) is 7.05 Å². The molecule has 4 heteroatoms. The maximum Gasteiger partial charge on any atom is 0.252 e. The average Bonchev–Trinajstić information content (AvgIpc) is 2.89. The van der Waals surface area contributed by atoms with E-state index in [9.17, 15) is 9.59 Å². The Morgan fingerprint density at radius 3 is 2.57 bits per heavy atom. The van der Waals surface area contributed by atoms with E-state index in [4.69, 9.17) is 0 Å². The van der Waals surface area contributed by atoms with Crippen molar-refractivity contribution in [2.24, 2.45) is 11.3 Å². The Bertz CT molecular complexity index is 657. The predicted octanol–water partition coefficient (Wildman–Crippen LogP) is 1.63. The van der Waals surface area contributed by atoms with Crippen molar-refractivity contribution in [3.05, 3.63) is 46.6 Å². The minimum absolute atomic E-state index is 0.173. The number of carbonyl (C=O) groups is 2. The minimum Gasteiger partial charge on any atom is -0.357 e. The van der Waals surface area contributed by atoms with Gasteiger partial charge in [0, 0.05) is 18.5 Å². The summed E-state index contributed by atoms with van der Waals surface area (Å²) in [5, 5.41) is 5.50. The SMILES string of the molecule is CNC(=O)[C@@H](NC(=O)C1=CC=C2C1=CC1=CC12)C(C)(C)C. The van der Waals surface area contributed by atoms with Crippen molar-refractivity contribution in [1.29, 1.82) is 0 Å². The fraction of sp³-hybridized carbons (Fsp3) is 0.412. The van der Waals surface area contributed by atoms with Crippen LogP contribution in [0, 0.1) is 11.3 Å². The molecule has 0 aromatic heterocycles. The van der Waals surface area contributed by atoms with Crippen LogP contribution >= 0.6 is 0 Å². The van der Waals surface area contributed by atoms with E-state index in [1.165, 1.54) is 11.1 Å². The van der Waals surface area contributed by atoms with E-state index in [2.05, 4.69) is 22.8 Å². The Hall–Kier alpha value is -2.10. The summed E-state index contributed by atoms with van der Waals surface area (Å²) in [6, 6.07) is -0.560. The van der Waals surface area contributed by atoms with Crippen molar-refractivity contribution >= 4 is 11.8 Å². The predicted molar refractivity (Wildman–Crippen MR) is 81.3 cm³/mol. The molecule has 0 aliphatic heterocycles. The Kier molecular flexibility index (Phi) is 2.94. The van der Waals surface area contributed by atoms with Crippen molar-refractivity contribution in [3.8, 4) is 0 Å². The Labute approximate surface area is 124 Å². The summed E-state index contributed by atoms with van der Waals surface area (Å²) in [5.74, 6) is 0.0745. The molecule has 2 amide bonds. The molecular formula is C17H20N2O2. The molecule has 2 N–H and O–H groups in total. The molecule has 0 saturated heterocycles. The maximum absolute atomic E-state index is 12.5. The summed E-state index contributed by atoms with van der Waals surface area (Å²) in [6.45, 7) is 5.82. The van der Waals surface area contributed by atoms with Crippen molar-refractivity contribution in [2.45, 2.75) is 26.8 Å². The van der Waals surface area contributed by atoms with Crippen LogP contribution in [0.3, 0.4) is 0 Å². The lowest BCUT2D eigenvalue weighted by molar-refractivity contribution is -0.129. The van der Waals surface area contributed by atoms with Crippen LogP contribution in [0.15, 0.2) is 46.6 Å². The van der Waals surface area contributed by atoms with Crippen molar-refractivity contribution in [3.63, 3.8) is 0 Å². The molecule has 21 heavy (non-hydrogen) atoms. The average molecular weight is 284 g/mol. The molecule has 110 valence electrons. The molecule has 2 atom stereocenters. The van der Waals surface area contributed by atoms with E-state index in [0.717, 1.165) is 5.57 Å². The van der Waals surface area contributed by atoms with Crippen LogP contribution in [0.25, 0.3) is 0 Å². The molecule has 3 rings (SSSR count). The molecule has 0 aromatic carbocycles. The topological polar surface area (TPSA) is 58.2 Å². The highest BCUT2D eigenvalue weighted by Crippen LogP contribution is 2.51. The molecule has 0 bridgehead atoms. The molecule has 0 spiro atoms. The molecule has 0 radical (unpaired) electrons. The second-order valence-electron chi connectivity index (χ2n) is 6.79. The number of nitrogens with one attached hydrogen (secondary N) is 2. The molecule has 3 aliphatic carbocycles. The van der Waals surface area contributed by atoms with Gasteiger partial charge in [0.05, 0.1) is 0 Å². The summed E-state index contributed by atoms with van der Waals surface area (Å²) in [6.07, 6.45) is 8.12. The van der Waals surface area contributed by atoms with Gasteiger partial charge in [-0.2, -0.15) is 0 Å². The monoisotopic (exact) mass is 284 g/mol. The van der Waals surface area contributed by atoms with Gasteiger partial charge in [0.1, 0.15) is 6.04 Å². The Morgan fingerprint density at radius 1 is 1.24 bits per heavy atom. The third kappa shape index (κ3) is 2.24. The zero-order valence-corrected chi connectivity index (χ0v) is 12.8. The maximum atomic E-state index is 12.5. The van der Waals surface area contributed by atoms with E-state index in [-0.39, 0.29) is 17.2 Å². The van der Waals surface area contributed by atoms with Gasteiger partial charge in [-0.15, -0.1) is 0 Å². The normalized spacial score (nSPS) is 23.1. The lowest BCUT2D eigenvalue weighted by Crippen LogP contribution is -2.53. The number of carbonyl (C=O) groups excluding carboxylic acids is 2. The lowest BCUT2D eigenvalue weighted by atomic mass is 9.85. The third-order valence-corrected chi connectivity index (χ3v) is 4.18. The van der Waals surface area contributed by atoms with Gasteiger partial charge in [-0.05, 0) is 34.3 Å². The number of hydrogen-bond acceptors (Lipinski definition) is 2. The molecule has 1 unspecified atom stereocenters. The van der Waals surface area contributed by atoms with Gasteiger partial charge in [-0.1, -0.05) is 32.9 Å². The van der Waals surface area contributed by atoms with Crippen LogP contribution in [0.5, 0.6) is 0 Å². The molecule has 4 nitrogen and oxygen atoms in total. The number of rotatable bonds is 3. The van der Waals surface area contributed by atoms with Crippen LogP contribution in [-0.2, 0) is 9.59 Å². The summed E-state index contributed by atoms with van der Waals surface area (Å²) < 4.78 is 0. The number of fused-ring (bicyclic) bond motifs is 3. The van der Waals surface area contributed by atoms with Gasteiger partial charge in [0.2, 0.25) is 5.91 Å². The summed E-state index contributed by atoms with van der Waals surface area (Å²) >= 11 is 0. The van der Waals surface area contributed by atoms with E-state index < -0.39 is 6.04 Å². The molecule has 0 fully saturated rings. The van der Waals surface area contributed by atoms with E-state index >= 15 is 0 Å². The van der Waals surface area contributed by atoms with Gasteiger partial charge in [-0.3, -0.25) is 9.59 Å². The van der Waals surface area contributed by atoms with Crippen molar-refractivity contribution < 1.29 is 9.59 Å². The van der Waals surface area contributed by atoms with Gasteiger partial charge in [0.25, 0.3) is 5.91 Å². The number of likely N-dealkylation sites (N-methyl/N-ethyl adjacent to an activating group) is 1. The number of hydrogen-bond donors (Lipinski definition) is 2. The van der Waals surface area contributed by atoms with Gasteiger partial charge in [-0.25, -0.2) is 0 Å². The van der Waals surface area contributed by atoms with Gasteiger partial charge >= 0.3 is 0 Å². The Balaban J connectivity index is 1.76. The van der Waals surface area contributed by atoms with Gasteiger partial charge < -0.3 is 10.6 Å². The van der Waals surface area contributed by atoms with Crippen LogP contribution in [0.1, 0.15) is 20.8 Å². The fourth-order valence-corrected chi connectivity index (χ4v) is 2.89. The molecule has 0 saturated carbocycles. The second-order valence-corrected chi connectivity index (χ2v) is 6.79. The standard InChI is InChI=1S/C17H20N2O2/c1-17(2,3)14(16(21)18-4)19-15(20)11-6-5-10-12-7-9(12)8-13(10)11/h5-8,12,14H,1-4H3,(H,18,21)(H,19,20)/t12?,14-/m1/s1. The highest BCUT2D eigenvalue weighted by atomic mass is 16.2. The number of amides is 2. The molecule has 0 heterocycles. The largest absolute Gasteiger partial charge is 0.357 e. The smallest absolute Gasteiger partial charge is 0.252 e. The minimum atomic E-state index is -0.560. The van der Waals surface area contributed by atoms with Crippen LogP contribution in [-0.4, -0.2) is 24.9 Å². The first-order valence-corrected chi connectivity index (χ1v) is 7.21. The summed E-state index contributed by atoms with van der Waals surface area (Å²) in [4.78, 5) is 24.5. The van der Waals surface area contributed by atoms with Crippen molar-refractivity contribution in [2.75, 3.05) is 7.05 Å². The van der Waals surface area contributed by atoms with Gasteiger partial charge in [0.15, 0.2) is 0 Å². The van der Waals surface area contributed by atoms with Crippen LogP contribution in [0.2, 0.25) is 0 Å². The quantitative estimate of drug-likeness (QED) is 0.827. The fourth-order valence-electron chi connectivity index (χ4n) is 2.89. The van der Waals surface area contributed by atoms with E-state index in [0.29, 0.717) is 11.5 Å². The molecular weight excluding hydrogens is 264 g/mol. The lowest BCUT2D eigenvalue weighted by Gasteiger charge is -2.30. The van der Waals surface area contributed by atoms with Crippen LogP contribution < -0.4 is 10.6 Å². The highest BCUT2D eigenvalue weighted by Gasteiger charge is 2.40. The van der Waals surface area contributed by atoms with Crippen LogP contribution in [0.4, 0.5) is 0 Å². The zero-order valence-electron chi connectivity index (χ0n) is 12.8. The summed E-state index contributed by atoms with van der Waals surface area (Å²) in [5.41, 5.74) is 3.84. The second kappa shape index (κ2) is 4.45. The first-order valence-electron chi connectivity index (χ1n) is 7.21. The zero-order chi connectivity index (χ0) is 15.4. The first-order chi connectivity index (χ1) is 9.82. The third-order valence-electron chi connectivity index (χ3n) is 4.18.